The maximum absolute atomic E-state index is 6.25. The van der Waals surface area contributed by atoms with Crippen molar-refractivity contribution in [3.8, 4) is 5.75 Å². The van der Waals surface area contributed by atoms with Crippen LogP contribution in [0.1, 0.15) is 30.8 Å². The van der Waals surface area contributed by atoms with Gasteiger partial charge in [-0.2, -0.15) is 5.10 Å². The van der Waals surface area contributed by atoms with Gasteiger partial charge in [-0.1, -0.05) is 42.8 Å². The minimum absolute atomic E-state index is 0.108. The molecule has 2 aromatic rings. The van der Waals surface area contributed by atoms with Crippen molar-refractivity contribution < 1.29 is 4.74 Å². The first kappa shape index (κ1) is 17.8. The Balaban J connectivity index is 2.08. The molecule has 0 saturated heterocycles. The molecule has 1 aromatic heterocycles. The quantitative estimate of drug-likeness (QED) is 0.729. The van der Waals surface area contributed by atoms with Crippen LogP contribution in [0.25, 0.3) is 0 Å². The topological polar surface area (TPSA) is 52.0 Å². The molecular formula is C16H20Cl2N4O. The Labute approximate surface area is 146 Å². The van der Waals surface area contributed by atoms with Crippen molar-refractivity contribution in [3.05, 3.63) is 52.5 Å². The Kier molecular flexibility index (Phi) is 6.45. The fourth-order valence-electron chi connectivity index (χ4n) is 2.27. The van der Waals surface area contributed by atoms with Gasteiger partial charge >= 0.3 is 0 Å². The van der Waals surface area contributed by atoms with Crippen LogP contribution in [0, 0.1) is 0 Å². The maximum atomic E-state index is 6.25. The van der Waals surface area contributed by atoms with Crippen molar-refractivity contribution in [2.75, 3.05) is 6.61 Å². The molecule has 23 heavy (non-hydrogen) atoms. The van der Waals surface area contributed by atoms with Crippen molar-refractivity contribution in [2.45, 2.75) is 25.9 Å². The number of benzene rings is 1. The summed E-state index contributed by atoms with van der Waals surface area (Å²) in [7, 11) is 1.88. The molecule has 1 unspecified atom stereocenters. The summed E-state index contributed by atoms with van der Waals surface area (Å²) in [6.07, 6.45) is 4.10. The summed E-state index contributed by atoms with van der Waals surface area (Å²) < 4.78 is 7.24. The van der Waals surface area contributed by atoms with Gasteiger partial charge in [0.15, 0.2) is 5.75 Å². The molecule has 0 aliphatic heterocycles. The van der Waals surface area contributed by atoms with E-state index < -0.39 is 0 Å². The van der Waals surface area contributed by atoms with Crippen LogP contribution in [0.2, 0.25) is 10.0 Å². The zero-order valence-corrected chi connectivity index (χ0v) is 14.7. The molecular weight excluding hydrogens is 335 g/mol. The number of rotatable bonds is 8. The molecule has 0 aliphatic rings. The number of nitrogens with one attached hydrogen (secondary N) is 1. The molecule has 1 atom stereocenters. The third-order valence-corrected chi connectivity index (χ3v) is 3.98. The fourth-order valence-corrected chi connectivity index (χ4v) is 2.92. The highest BCUT2D eigenvalue weighted by Gasteiger charge is 2.15. The molecule has 2 rings (SSSR count). The first-order valence-electron chi connectivity index (χ1n) is 7.35. The molecule has 0 bridgehead atoms. The number of hydrogen-bond acceptors (Lipinski definition) is 4. The third-order valence-electron chi connectivity index (χ3n) is 3.42. The average Bonchev–Trinajstić information content (AvgIpc) is 2.93. The number of aromatic nitrogens is 3. The van der Waals surface area contributed by atoms with Crippen LogP contribution in [0.3, 0.4) is 0 Å². The molecule has 0 saturated carbocycles. The van der Waals surface area contributed by atoms with Crippen LogP contribution >= 0.6 is 23.2 Å². The van der Waals surface area contributed by atoms with Gasteiger partial charge in [-0.05, 0) is 24.1 Å². The van der Waals surface area contributed by atoms with E-state index in [0.717, 1.165) is 17.8 Å². The van der Waals surface area contributed by atoms with E-state index in [1.807, 2.05) is 19.2 Å². The number of ether oxygens (including phenoxy) is 1. The lowest BCUT2D eigenvalue weighted by Gasteiger charge is -2.17. The minimum atomic E-state index is 0.108. The summed E-state index contributed by atoms with van der Waals surface area (Å²) in [5.74, 6) is 1.38. The number of hydrogen-bond donors (Lipinski definition) is 1. The minimum Gasteiger partial charge on any atom is -0.486 e. The van der Waals surface area contributed by atoms with Crippen molar-refractivity contribution in [1.82, 2.24) is 20.1 Å². The molecule has 1 heterocycles. The molecule has 0 amide bonds. The standard InChI is InChI=1S/C16H20Cl2N4O/c1-4-6-23-15-12(17)7-11(8-13(15)18)9-19-14(5-2)16-20-10-21-22(16)3/h4,7-8,10,14,19H,1,5-6,9H2,2-3H3. The summed E-state index contributed by atoms with van der Waals surface area (Å²) in [6, 6.07) is 3.81. The number of halogens is 2. The lowest BCUT2D eigenvalue weighted by atomic mass is 10.1. The number of aryl methyl sites for hydroxylation is 1. The zero-order valence-electron chi connectivity index (χ0n) is 13.2. The van der Waals surface area contributed by atoms with Crippen LogP contribution in [0.15, 0.2) is 31.1 Å². The van der Waals surface area contributed by atoms with E-state index in [1.54, 1.807) is 17.1 Å². The van der Waals surface area contributed by atoms with E-state index in [0.29, 0.717) is 28.9 Å². The molecule has 0 spiro atoms. The summed E-state index contributed by atoms with van der Waals surface area (Å²) in [6.45, 7) is 6.68. The highest BCUT2D eigenvalue weighted by Crippen LogP contribution is 2.34. The SMILES string of the molecule is C=CCOc1c(Cl)cc(CNC(CC)c2ncnn2C)cc1Cl. The normalized spacial score (nSPS) is 12.2. The summed E-state index contributed by atoms with van der Waals surface area (Å²) in [5, 5.41) is 8.53. The summed E-state index contributed by atoms with van der Waals surface area (Å²) in [4.78, 5) is 4.29. The monoisotopic (exact) mass is 354 g/mol. The highest BCUT2D eigenvalue weighted by molar-refractivity contribution is 6.37. The van der Waals surface area contributed by atoms with Crippen LogP contribution in [-0.4, -0.2) is 21.4 Å². The molecule has 0 aliphatic carbocycles. The van der Waals surface area contributed by atoms with Gasteiger partial charge in [0.05, 0.1) is 16.1 Å². The Bertz CT molecular complexity index is 649. The van der Waals surface area contributed by atoms with E-state index in [-0.39, 0.29) is 6.04 Å². The lowest BCUT2D eigenvalue weighted by molar-refractivity contribution is 0.363. The van der Waals surface area contributed by atoms with Gasteiger partial charge < -0.3 is 10.1 Å². The summed E-state index contributed by atoms with van der Waals surface area (Å²) in [5.41, 5.74) is 0.978. The van der Waals surface area contributed by atoms with Gasteiger partial charge in [0.1, 0.15) is 18.8 Å². The van der Waals surface area contributed by atoms with E-state index in [9.17, 15) is 0 Å². The van der Waals surface area contributed by atoms with Gasteiger partial charge in [-0.25, -0.2) is 4.98 Å². The van der Waals surface area contributed by atoms with Gasteiger partial charge in [-0.15, -0.1) is 0 Å². The smallest absolute Gasteiger partial charge is 0.156 e. The van der Waals surface area contributed by atoms with E-state index in [4.69, 9.17) is 27.9 Å². The van der Waals surface area contributed by atoms with Crippen molar-refractivity contribution in [1.29, 1.82) is 0 Å². The Morgan fingerprint density at radius 3 is 2.61 bits per heavy atom. The van der Waals surface area contributed by atoms with Gasteiger partial charge in [0.2, 0.25) is 0 Å². The highest BCUT2D eigenvalue weighted by atomic mass is 35.5. The molecule has 1 aromatic carbocycles. The maximum Gasteiger partial charge on any atom is 0.156 e. The molecule has 5 nitrogen and oxygen atoms in total. The van der Waals surface area contributed by atoms with Crippen LogP contribution in [-0.2, 0) is 13.6 Å². The Morgan fingerprint density at radius 1 is 1.39 bits per heavy atom. The zero-order chi connectivity index (χ0) is 16.8. The first-order chi connectivity index (χ1) is 11.1. The second kappa shape index (κ2) is 8.34. The van der Waals surface area contributed by atoms with Gasteiger partial charge in [-0.3, -0.25) is 4.68 Å². The fraction of sp³-hybridized carbons (Fsp3) is 0.375. The predicted molar refractivity (Wildman–Crippen MR) is 93.0 cm³/mol. The predicted octanol–water partition coefficient (Wildman–Crippen LogP) is 3.93. The molecule has 0 radical (unpaired) electrons. The molecule has 1 N–H and O–H groups in total. The van der Waals surface area contributed by atoms with E-state index in [2.05, 4.69) is 28.9 Å². The lowest BCUT2D eigenvalue weighted by Crippen LogP contribution is -2.23. The first-order valence-corrected chi connectivity index (χ1v) is 8.11. The van der Waals surface area contributed by atoms with Gasteiger partial charge in [0.25, 0.3) is 0 Å². The third kappa shape index (κ3) is 4.47. The van der Waals surface area contributed by atoms with Crippen LogP contribution in [0.5, 0.6) is 5.75 Å². The largest absolute Gasteiger partial charge is 0.486 e. The van der Waals surface area contributed by atoms with Crippen molar-refractivity contribution >= 4 is 23.2 Å². The van der Waals surface area contributed by atoms with E-state index >= 15 is 0 Å². The Morgan fingerprint density at radius 2 is 2.09 bits per heavy atom. The Hall–Kier alpha value is -1.56. The molecule has 7 heteroatoms. The van der Waals surface area contributed by atoms with Crippen LogP contribution in [0.4, 0.5) is 0 Å². The van der Waals surface area contributed by atoms with Crippen molar-refractivity contribution in [2.24, 2.45) is 7.05 Å². The van der Waals surface area contributed by atoms with Crippen LogP contribution < -0.4 is 10.1 Å². The molecule has 0 fully saturated rings. The van der Waals surface area contributed by atoms with E-state index in [1.165, 1.54) is 0 Å². The average molecular weight is 355 g/mol. The van der Waals surface area contributed by atoms with Gasteiger partial charge in [0, 0.05) is 13.6 Å². The van der Waals surface area contributed by atoms with Crippen molar-refractivity contribution in [3.63, 3.8) is 0 Å². The summed E-state index contributed by atoms with van der Waals surface area (Å²) >= 11 is 12.5. The molecule has 124 valence electrons. The number of nitrogens with zero attached hydrogens (tertiary/aromatic N) is 3. The second-order valence-corrected chi connectivity index (χ2v) is 5.89. The second-order valence-electron chi connectivity index (χ2n) is 5.07.